The summed E-state index contributed by atoms with van der Waals surface area (Å²) in [5.41, 5.74) is 9.57. The van der Waals surface area contributed by atoms with Crippen LogP contribution in [-0.4, -0.2) is 11.7 Å². The number of rotatable bonds is 4. The van der Waals surface area contributed by atoms with Gasteiger partial charge in [-0.2, -0.15) is 0 Å². The fourth-order valence-electron chi connectivity index (χ4n) is 1.84. The van der Waals surface area contributed by atoms with Gasteiger partial charge in [0.25, 0.3) is 0 Å². The number of aryl methyl sites for hydroxylation is 1. The third-order valence-electron chi connectivity index (χ3n) is 3.08. The van der Waals surface area contributed by atoms with Crippen molar-refractivity contribution in [3.05, 3.63) is 52.0 Å². The summed E-state index contributed by atoms with van der Waals surface area (Å²) < 4.78 is 0.890. The number of carbonyl (C=O) groups excluding carboxylic acids is 1. The highest BCUT2D eigenvalue weighted by Crippen LogP contribution is 2.27. The molecule has 5 heteroatoms. The molecule has 3 nitrogen and oxygen atoms in total. The number of halogens is 1. The van der Waals surface area contributed by atoms with Gasteiger partial charge in [0, 0.05) is 15.1 Å². The van der Waals surface area contributed by atoms with Gasteiger partial charge in [0.05, 0.1) is 11.4 Å². The third-order valence-corrected chi connectivity index (χ3v) is 4.90. The molecule has 0 unspecified atom stereocenters. The number of nitrogens with one attached hydrogen (secondary N) is 1. The Labute approximate surface area is 137 Å². The van der Waals surface area contributed by atoms with Gasteiger partial charge in [-0.1, -0.05) is 12.1 Å². The predicted molar refractivity (Wildman–Crippen MR) is 93.8 cm³/mol. The molecule has 0 atom stereocenters. The summed E-state index contributed by atoms with van der Waals surface area (Å²) in [6.45, 7) is 3.97. The number of hydrogen-bond acceptors (Lipinski definition) is 3. The molecule has 0 saturated carbocycles. The molecule has 2 rings (SSSR count). The van der Waals surface area contributed by atoms with Crippen molar-refractivity contribution < 1.29 is 4.79 Å². The Morgan fingerprint density at radius 2 is 2.05 bits per heavy atom. The first-order valence-corrected chi connectivity index (χ1v) is 8.29. The van der Waals surface area contributed by atoms with Crippen LogP contribution in [0, 0.1) is 13.8 Å². The van der Waals surface area contributed by atoms with Gasteiger partial charge < -0.3 is 11.1 Å². The molecule has 2 aromatic carbocycles. The average molecular weight is 365 g/mol. The Balaban J connectivity index is 1.97. The van der Waals surface area contributed by atoms with Gasteiger partial charge in [-0.3, -0.25) is 4.79 Å². The maximum Gasteiger partial charge on any atom is 0.234 e. The zero-order chi connectivity index (χ0) is 15.4. The monoisotopic (exact) mass is 364 g/mol. The second-order valence-electron chi connectivity index (χ2n) is 4.79. The predicted octanol–water partition coefficient (Wildman–Crippen LogP) is 4.38. The van der Waals surface area contributed by atoms with Gasteiger partial charge in [-0.25, -0.2) is 0 Å². The Hall–Kier alpha value is -1.46. The normalized spacial score (nSPS) is 10.4. The molecule has 0 aliphatic carbocycles. The van der Waals surface area contributed by atoms with E-state index >= 15 is 0 Å². The maximum absolute atomic E-state index is 12.0. The summed E-state index contributed by atoms with van der Waals surface area (Å²) in [4.78, 5) is 13.1. The fraction of sp³-hybridized carbons (Fsp3) is 0.188. The third kappa shape index (κ3) is 4.25. The lowest BCUT2D eigenvalue weighted by atomic mass is 10.2. The van der Waals surface area contributed by atoms with Crippen LogP contribution in [0.4, 0.5) is 11.4 Å². The zero-order valence-electron chi connectivity index (χ0n) is 11.9. The van der Waals surface area contributed by atoms with Crippen LogP contribution in [0.25, 0.3) is 0 Å². The number of thioether (sulfide) groups is 1. The maximum atomic E-state index is 12.0. The first kappa shape index (κ1) is 15.9. The van der Waals surface area contributed by atoms with Crippen molar-refractivity contribution >= 4 is 45.0 Å². The Morgan fingerprint density at radius 1 is 1.29 bits per heavy atom. The zero-order valence-corrected chi connectivity index (χ0v) is 14.3. The summed E-state index contributed by atoms with van der Waals surface area (Å²) in [6.07, 6.45) is 0. The SMILES string of the molecule is Cc1ccc(NC(=O)CSc2cccc(N)c2C)c(Br)c1. The van der Waals surface area contributed by atoms with Crippen molar-refractivity contribution in [3.8, 4) is 0 Å². The van der Waals surface area contributed by atoms with Gasteiger partial charge in [0.2, 0.25) is 5.91 Å². The van der Waals surface area contributed by atoms with Crippen LogP contribution in [0.2, 0.25) is 0 Å². The minimum atomic E-state index is -0.0358. The van der Waals surface area contributed by atoms with Gasteiger partial charge in [0.1, 0.15) is 0 Å². The molecule has 110 valence electrons. The molecular weight excluding hydrogens is 348 g/mol. The number of carbonyl (C=O) groups is 1. The Bertz CT molecular complexity index is 673. The van der Waals surface area contributed by atoms with E-state index in [2.05, 4.69) is 21.2 Å². The molecule has 0 spiro atoms. The minimum absolute atomic E-state index is 0.0358. The highest BCUT2D eigenvalue weighted by Gasteiger charge is 2.08. The van der Waals surface area contributed by atoms with Gasteiger partial charge in [-0.15, -0.1) is 11.8 Å². The molecule has 0 aromatic heterocycles. The van der Waals surface area contributed by atoms with E-state index < -0.39 is 0 Å². The molecule has 3 N–H and O–H groups in total. The number of nitrogen functional groups attached to an aromatic ring is 1. The summed E-state index contributed by atoms with van der Waals surface area (Å²) in [6, 6.07) is 11.6. The van der Waals surface area contributed by atoms with Crippen molar-refractivity contribution in [2.75, 3.05) is 16.8 Å². The van der Waals surface area contributed by atoms with E-state index in [4.69, 9.17) is 5.73 Å². The molecule has 21 heavy (non-hydrogen) atoms. The number of anilines is 2. The van der Waals surface area contributed by atoms with E-state index in [1.807, 2.05) is 50.2 Å². The van der Waals surface area contributed by atoms with Crippen LogP contribution >= 0.6 is 27.7 Å². The number of benzene rings is 2. The summed E-state index contributed by atoms with van der Waals surface area (Å²) >= 11 is 4.94. The van der Waals surface area contributed by atoms with Crippen LogP contribution < -0.4 is 11.1 Å². The van der Waals surface area contributed by atoms with Crippen molar-refractivity contribution in [1.82, 2.24) is 0 Å². The van der Waals surface area contributed by atoms with E-state index in [1.165, 1.54) is 11.8 Å². The highest BCUT2D eigenvalue weighted by atomic mass is 79.9. The lowest BCUT2D eigenvalue weighted by Gasteiger charge is -2.10. The van der Waals surface area contributed by atoms with Crippen LogP contribution in [0.1, 0.15) is 11.1 Å². The largest absolute Gasteiger partial charge is 0.398 e. The van der Waals surface area contributed by atoms with E-state index in [-0.39, 0.29) is 5.91 Å². The average Bonchev–Trinajstić information content (AvgIpc) is 2.43. The molecule has 0 bridgehead atoms. The summed E-state index contributed by atoms with van der Waals surface area (Å²) in [5.74, 6) is 0.316. The molecule has 0 aliphatic heterocycles. The fourth-order valence-corrected chi connectivity index (χ4v) is 3.30. The molecule has 0 heterocycles. The first-order chi connectivity index (χ1) is 9.97. The molecule has 1 amide bonds. The van der Waals surface area contributed by atoms with Crippen molar-refractivity contribution in [2.45, 2.75) is 18.7 Å². The Morgan fingerprint density at radius 3 is 2.76 bits per heavy atom. The molecule has 0 aliphatic rings. The van der Waals surface area contributed by atoms with E-state index in [0.717, 1.165) is 31.9 Å². The topological polar surface area (TPSA) is 55.1 Å². The van der Waals surface area contributed by atoms with Crippen LogP contribution in [0.15, 0.2) is 45.8 Å². The van der Waals surface area contributed by atoms with Gasteiger partial charge in [-0.05, 0) is 65.2 Å². The van der Waals surface area contributed by atoms with E-state index in [0.29, 0.717) is 5.75 Å². The lowest BCUT2D eigenvalue weighted by Crippen LogP contribution is -2.14. The quantitative estimate of drug-likeness (QED) is 0.625. The molecule has 2 aromatic rings. The molecule has 0 radical (unpaired) electrons. The molecular formula is C16H17BrN2OS. The molecule has 0 saturated heterocycles. The second kappa shape index (κ2) is 7.00. The lowest BCUT2D eigenvalue weighted by molar-refractivity contribution is -0.113. The molecule has 0 fully saturated rings. The van der Waals surface area contributed by atoms with Crippen LogP contribution in [-0.2, 0) is 4.79 Å². The number of nitrogens with two attached hydrogens (primary N) is 1. The van der Waals surface area contributed by atoms with Crippen LogP contribution in [0.5, 0.6) is 0 Å². The summed E-state index contributed by atoms with van der Waals surface area (Å²) in [5, 5.41) is 2.90. The van der Waals surface area contributed by atoms with Gasteiger partial charge in [0.15, 0.2) is 0 Å². The number of hydrogen-bond donors (Lipinski definition) is 2. The minimum Gasteiger partial charge on any atom is -0.398 e. The summed E-state index contributed by atoms with van der Waals surface area (Å²) in [7, 11) is 0. The van der Waals surface area contributed by atoms with E-state index in [1.54, 1.807) is 0 Å². The smallest absolute Gasteiger partial charge is 0.234 e. The van der Waals surface area contributed by atoms with Crippen LogP contribution in [0.3, 0.4) is 0 Å². The highest BCUT2D eigenvalue weighted by molar-refractivity contribution is 9.10. The standard InChI is InChI=1S/C16H17BrN2OS/c1-10-6-7-14(12(17)8-10)19-16(20)9-21-15-5-3-4-13(18)11(15)2/h3-8H,9,18H2,1-2H3,(H,19,20). The Kier molecular flexibility index (Phi) is 5.31. The van der Waals surface area contributed by atoms with E-state index in [9.17, 15) is 4.79 Å². The first-order valence-electron chi connectivity index (χ1n) is 6.51. The van der Waals surface area contributed by atoms with Crippen molar-refractivity contribution in [2.24, 2.45) is 0 Å². The van der Waals surface area contributed by atoms with Gasteiger partial charge >= 0.3 is 0 Å². The van der Waals surface area contributed by atoms with Crippen molar-refractivity contribution in [1.29, 1.82) is 0 Å². The number of amides is 1. The van der Waals surface area contributed by atoms with Crippen molar-refractivity contribution in [3.63, 3.8) is 0 Å². The second-order valence-corrected chi connectivity index (χ2v) is 6.66.